The summed E-state index contributed by atoms with van der Waals surface area (Å²) in [7, 11) is 1.51. The molecule has 0 spiro atoms. The van der Waals surface area contributed by atoms with E-state index in [0.717, 1.165) is 21.6 Å². The Kier molecular flexibility index (Phi) is 8.34. The third kappa shape index (κ3) is 6.50. The second-order valence-corrected chi connectivity index (χ2v) is 9.91. The Hall–Kier alpha value is -5.37. The normalized spacial score (nSPS) is 14.1. The van der Waals surface area contributed by atoms with Crippen molar-refractivity contribution in [3.8, 4) is 17.2 Å². The van der Waals surface area contributed by atoms with Crippen molar-refractivity contribution in [2.75, 3.05) is 12.0 Å². The lowest BCUT2D eigenvalue weighted by Gasteiger charge is -2.26. The molecule has 4 aromatic carbocycles. The zero-order valence-electron chi connectivity index (χ0n) is 23.5. The molecule has 0 saturated carbocycles. The Morgan fingerprint density at radius 1 is 0.714 bits per heavy atom. The molecule has 0 radical (unpaired) electrons. The van der Waals surface area contributed by atoms with Crippen LogP contribution in [0.15, 0.2) is 96.6 Å². The number of nitrogens with one attached hydrogen (secondary N) is 1. The van der Waals surface area contributed by atoms with Crippen LogP contribution in [0, 0.1) is 13.8 Å². The summed E-state index contributed by atoms with van der Waals surface area (Å²) >= 11 is 0. The fourth-order valence-corrected chi connectivity index (χ4v) is 4.34. The molecule has 4 amide bonds. The lowest BCUT2D eigenvalue weighted by molar-refractivity contribution is -0.122. The van der Waals surface area contributed by atoms with Crippen LogP contribution in [-0.4, -0.2) is 25.0 Å². The molecule has 0 atom stereocenters. The number of benzene rings is 4. The number of methoxy groups -OCH3 is 1. The van der Waals surface area contributed by atoms with Gasteiger partial charge in [-0.15, -0.1) is 0 Å². The number of ether oxygens (including phenoxy) is 3. The van der Waals surface area contributed by atoms with Gasteiger partial charge in [-0.1, -0.05) is 65.7 Å². The minimum Gasteiger partial charge on any atom is -0.493 e. The lowest BCUT2D eigenvalue weighted by Crippen LogP contribution is -2.54. The first kappa shape index (κ1) is 28.2. The molecule has 42 heavy (non-hydrogen) atoms. The maximum absolute atomic E-state index is 13.4. The number of anilines is 1. The Labute approximate surface area is 244 Å². The molecule has 5 rings (SSSR count). The SMILES string of the molecule is COc1cc(/C=C2\C(=O)NC(=O)N(c3ccc(OCc4ccc(C)cc4)cc3)C2=O)ccc1OCc1ccc(C)cc1. The number of hydrogen-bond donors (Lipinski definition) is 1. The van der Waals surface area contributed by atoms with Gasteiger partial charge in [-0.3, -0.25) is 14.9 Å². The van der Waals surface area contributed by atoms with Crippen LogP contribution in [0.2, 0.25) is 0 Å². The topological polar surface area (TPSA) is 94.2 Å². The van der Waals surface area contributed by atoms with Crippen LogP contribution in [0.1, 0.15) is 27.8 Å². The van der Waals surface area contributed by atoms with Gasteiger partial charge in [0.1, 0.15) is 24.5 Å². The van der Waals surface area contributed by atoms with Gasteiger partial charge in [-0.05, 0) is 73.0 Å². The maximum Gasteiger partial charge on any atom is 0.335 e. The highest BCUT2D eigenvalue weighted by Crippen LogP contribution is 2.31. The Morgan fingerprint density at radius 3 is 1.90 bits per heavy atom. The number of nitrogens with zero attached hydrogens (tertiary/aromatic N) is 1. The Morgan fingerprint density at radius 2 is 1.31 bits per heavy atom. The standard InChI is InChI=1S/C34H30N2O6/c1-22-4-8-24(9-5-22)20-41-28-15-13-27(14-16-28)36-33(38)29(32(37)35-34(36)39)18-26-12-17-30(31(19-26)40-3)42-21-25-10-6-23(2)7-11-25/h4-19H,20-21H2,1-3H3,(H,35,37,39)/b29-18+. The first-order valence-electron chi connectivity index (χ1n) is 13.4. The average molecular weight is 563 g/mol. The van der Waals surface area contributed by atoms with E-state index in [-0.39, 0.29) is 5.57 Å². The second-order valence-electron chi connectivity index (χ2n) is 9.91. The van der Waals surface area contributed by atoms with Gasteiger partial charge in [0, 0.05) is 0 Å². The van der Waals surface area contributed by atoms with Crippen LogP contribution in [0.25, 0.3) is 6.08 Å². The third-order valence-electron chi connectivity index (χ3n) is 6.74. The Balaban J connectivity index is 1.30. The maximum atomic E-state index is 13.4. The van der Waals surface area contributed by atoms with Crippen molar-refractivity contribution in [2.24, 2.45) is 0 Å². The summed E-state index contributed by atoms with van der Waals surface area (Å²) < 4.78 is 17.3. The predicted molar refractivity (Wildman–Crippen MR) is 159 cm³/mol. The van der Waals surface area contributed by atoms with E-state index in [0.29, 0.717) is 41.7 Å². The first-order chi connectivity index (χ1) is 20.3. The van der Waals surface area contributed by atoms with Crippen molar-refractivity contribution < 1.29 is 28.6 Å². The van der Waals surface area contributed by atoms with Crippen LogP contribution in [0.5, 0.6) is 17.2 Å². The van der Waals surface area contributed by atoms with Gasteiger partial charge in [0.05, 0.1) is 12.8 Å². The molecule has 8 heteroatoms. The van der Waals surface area contributed by atoms with Gasteiger partial charge < -0.3 is 14.2 Å². The lowest BCUT2D eigenvalue weighted by atomic mass is 10.1. The van der Waals surface area contributed by atoms with Crippen LogP contribution in [0.3, 0.4) is 0 Å². The Bertz CT molecular complexity index is 1640. The van der Waals surface area contributed by atoms with Crippen molar-refractivity contribution in [3.05, 3.63) is 124 Å². The predicted octanol–water partition coefficient (Wildman–Crippen LogP) is 6.14. The quantitative estimate of drug-likeness (QED) is 0.195. The van der Waals surface area contributed by atoms with Gasteiger partial charge >= 0.3 is 6.03 Å². The van der Waals surface area contributed by atoms with E-state index in [1.165, 1.54) is 18.7 Å². The number of rotatable bonds is 9. The van der Waals surface area contributed by atoms with Gasteiger partial charge in [0.2, 0.25) is 0 Å². The van der Waals surface area contributed by atoms with E-state index in [2.05, 4.69) is 5.32 Å². The average Bonchev–Trinajstić information content (AvgIpc) is 2.99. The van der Waals surface area contributed by atoms with Gasteiger partial charge in [-0.25, -0.2) is 9.69 Å². The van der Waals surface area contributed by atoms with E-state index in [4.69, 9.17) is 14.2 Å². The first-order valence-corrected chi connectivity index (χ1v) is 13.4. The smallest absolute Gasteiger partial charge is 0.335 e. The number of imide groups is 2. The molecule has 0 bridgehead atoms. The van der Waals surface area contributed by atoms with Crippen molar-refractivity contribution >= 4 is 29.6 Å². The summed E-state index contributed by atoms with van der Waals surface area (Å²) in [5.74, 6) is 0.0111. The molecular weight excluding hydrogens is 532 g/mol. The largest absolute Gasteiger partial charge is 0.493 e. The van der Waals surface area contributed by atoms with Gasteiger partial charge in [-0.2, -0.15) is 0 Å². The van der Waals surface area contributed by atoms with Crippen molar-refractivity contribution in [1.29, 1.82) is 0 Å². The van der Waals surface area contributed by atoms with E-state index < -0.39 is 17.8 Å². The molecule has 1 fully saturated rings. The van der Waals surface area contributed by atoms with E-state index in [1.54, 1.807) is 42.5 Å². The summed E-state index contributed by atoms with van der Waals surface area (Å²) in [4.78, 5) is 39.6. The molecule has 4 aromatic rings. The molecule has 212 valence electrons. The molecular formula is C34H30N2O6. The fraction of sp³-hybridized carbons (Fsp3) is 0.147. The molecule has 1 aliphatic rings. The molecule has 8 nitrogen and oxygen atoms in total. The minimum absolute atomic E-state index is 0.190. The number of carbonyl (C=O) groups excluding carboxylic acids is 3. The second kappa shape index (κ2) is 12.4. The summed E-state index contributed by atoms with van der Waals surface area (Å²) in [6.45, 7) is 4.77. The molecule has 1 heterocycles. The van der Waals surface area contributed by atoms with Gasteiger partial charge in [0.25, 0.3) is 11.8 Å². The van der Waals surface area contributed by atoms with Crippen LogP contribution in [-0.2, 0) is 22.8 Å². The summed E-state index contributed by atoms with van der Waals surface area (Å²) in [5, 5.41) is 2.25. The number of hydrogen-bond acceptors (Lipinski definition) is 6. The van der Waals surface area contributed by atoms with Crippen molar-refractivity contribution in [1.82, 2.24) is 5.32 Å². The van der Waals surface area contributed by atoms with Crippen LogP contribution >= 0.6 is 0 Å². The van der Waals surface area contributed by atoms with E-state index >= 15 is 0 Å². The van der Waals surface area contributed by atoms with Gasteiger partial charge in [0.15, 0.2) is 11.5 Å². The molecule has 1 saturated heterocycles. The van der Waals surface area contributed by atoms with E-state index in [9.17, 15) is 14.4 Å². The highest BCUT2D eigenvalue weighted by atomic mass is 16.5. The molecule has 0 unspecified atom stereocenters. The third-order valence-corrected chi connectivity index (χ3v) is 6.74. The molecule has 0 aliphatic carbocycles. The minimum atomic E-state index is -0.826. The zero-order valence-corrected chi connectivity index (χ0v) is 23.5. The number of urea groups is 1. The summed E-state index contributed by atoms with van der Waals surface area (Å²) in [6.07, 6.45) is 1.42. The van der Waals surface area contributed by atoms with Crippen LogP contribution in [0.4, 0.5) is 10.5 Å². The molecule has 0 aromatic heterocycles. The highest BCUT2D eigenvalue weighted by molar-refractivity contribution is 6.39. The van der Waals surface area contributed by atoms with E-state index in [1.807, 2.05) is 62.4 Å². The summed E-state index contributed by atoms with van der Waals surface area (Å²) in [5.41, 5.74) is 5.00. The van der Waals surface area contributed by atoms with Crippen molar-refractivity contribution in [3.63, 3.8) is 0 Å². The van der Waals surface area contributed by atoms with Crippen molar-refractivity contribution in [2.45, 2.75) is 27.1 Å². The monoisotopic (exact) mass is 562 g/mol. The number of amides is 4. The number of carbonyl (C=O) groups is 3. The molecule has 1 aliphatic heterocycles. The van der Waals surface area contributed by atoms with Crippen LogP contribution < -0.4 is 24.4 Å². The zero-order chi connectivity index (χ0) is 29.6. The number of barbiturate groups is 1. The fourth-order valence-electron chi connectivity index (χ4n) is 4.34. The highest BCUT2D eigenvalue weighted by Gasteiger charge is 2.36. The summed E-state index contributed by atoms with van der Waals surface area (Å²) in [6, 6.07) is 26.8. The number of aryl methyl sites for hydroxylation is 2. The molecule has 1 N–H and O–H groups in total.